The first-order valence-corrected chi connectivity index (χ1v) is 8.24. The van der Waals surface area contributed by atoms with Crippen molar-refractivity contribution in [2.45, 2.75) is 38.3 Å². The van der Waals surface area contributed by atoms with Gasteiger partial charge in [-0.2, -0.15) is 0 Å². The van der Waals surface area contributed by atoms with Crippen LogP contribution in [-0.4, -0.2) is 16.9 Å². The molecule has 0 bridgehead atoms. The fourth-order valence-electron chi connectivity index (χ4n) is 3.18. The molecule has 0 radical (unpaired) electrons. The molecular weight excluding hydrogens is 286 g/mol. The summed E-state index contributed by atoms with van der Waals surface area (Å²) in [5.74, 6) is 0.451. The van der Waals surface area contributed by atoms with E-state index in [1.165, 1.54) is 0 Å². The van der Waals surface area contributed by atoms with E-state index in [2.05, 4.69) is 22.4 Å². The van der Waals surface area contributed by atoms with Gasteiger partial charge in [0.15, 0.2) is 0 Å². The number of carbonyl (C=O) groups excluding carboxylic acids is 1. The van der Waals surface area contributed by atoms with E-state index in [4.69, 9.17) is 5.73 Å². The molecule has 0 unspecified atom stereocenters. The number of hydrogen-bond donors (Lipinski definition) is 2. The summed E-state index contributed by atoms with van der Waals surface area (Å²) < 4.78 is 0. The predicted molar refractivity (Wildman–Crippen MR) is 91.5 cm³/mol. The maximum Gasteiger partial charge on any atom is 0.220 e. The third-order valence-electron chi connectivity index (χ3n) is 4.60. The van der Waals surface area contributed by atoms with E-state index in [1.54, 1.807) is 6.20 Å². The van der Waals surface area contributed by atoms with Crippen LogP contribution < -0.4 is 11.1 Å². The van der Waals surface area contributed by atoms with E-state index in [-0.39, 0.29) is 11.9 Å². The number of nitrogens with zero attached hydrogens (tertiary/aromatic N) is 1. The van der Waals surface area contributed by atoms with Crippen molar-refractivity contribution in [3.05, 3.63) is 54.4 Å². The van der Waals surface area contributed by atoms with Crippen LogP contribution in [0.1, 0.15) is 31.2 Å². The van der Waals surface area contributed by atoms with Gasteiger partial charge in [0.2, 0.25) is 5.91 Å². The number of aromatic nitrogens is 1. The van der Waals surface area contributed by atoms with Crippen molar-refractivity contribution in [1.29, 1.82) is 0 Å². The lowest BCUT2D eigenvalue weighted by Gasteiger charge is -2.14. The molecule has 1 aromatic carbocycles. The quantitative estimate of drug-likeness (QED) is 0.892. The molecule has 1 heterocycles. The minimum atomic E-state index is 0.101. The Morgan fingerprint density at radius 2 is 2.00 bits per heavy atom. The van der Waals surface area contributed by atoms with Crippen molar-refractivity contribution in [3.8, 4) is 11.1 Å². The molecule has 1 aliphatic rings. The van der Waals surface area contributed by atoms with Gasteiger partial charge in [-0.1, -0.05) is 36.8 Å². The van der Waals surface area contributed by atoms with Gasteiger partial charge in [0.05, 0.1) is 0 Å². The Hall–Kier alpha value is -2.20. The Morgan fingerprint density at radius 3 is 2.65 bits per heavy atom. The highest BCUT2D eigenvalue weighted by Gasteiger charge is 2.25. The highest BCUT2D eigenvalue weighted by molar-refractivity contribution is 5.76. The van der Waals surface area contributed by atoms with Crippen molar-refractivity contribution in [1.82, 2.24) is 10.3 Å². The molecule has 0 aliphatic heterocycles. The molecule has 0 saturated heterocycles. The number of pyridine rings is 1. The standard InChI is InChI=1S/C19H23N3O/c20-18-5-1-3-16(18)11-19(23)22-12-14-6-8-15(9-7-14)17-4-2-10-21-13-17/h2,4,6-10,13,16,18H,1,3,5,11-12,20H2,(H,22,23)/t16-,18+/m0/s1. The molecule has 1 fully saturated rings. The van der Waals surface area contributed by atoms with Crippen LogP contribution in [0.5, 0.6) is 0 Å². The first kappa shape index (κ1) is 15.7. The minimum absolute atomic E-state index is 0.101. The Balaban J connectivity index is 1.51. The summed E-state index contributed by atoms with van der Waals surface area (Å²) in [4.78, 5) is 16.2. The van der Waals surface area contributed by atoms with Crippen LogP contribution in [0.3, 0.4) is 0 Å². The van der Waals surface area contributed by atoms with Crippen molar-refractivity contribution < 1.29 is 4.79 Å². The molecule has 2 aromatic rings. The lowest BCUT2D eigenvalue weighted by molar-refractivity contribution is -0.122. The van der Waals surface area contributed by atoms with E-state index in [1.807, 2.05) is 30.5 Å². The second kappa shape index (κ2) is 7.38. The summed E-state index contributed by atoms with van der Waals surface area (Å²) in [6, 6.07) is 12.4. The molecule has 1 amide bonds. The molecule has 23 heavy (non-hydrogen) atoms. The number of benzene rings is 1. The van der Waals surface area contributed by atoms with E-state index in [0.29, 0.717) is 18.9 Å². The van der Waals surface area contributed by atoms with Gasteiger partial charge in [0.1, 0.15) is 0 Å². The number of nitrogens with one attached hydrogen (secondary N) is 1. The topological polar surface area (TPSA) is 68.0 Å². The number of hydrogen-bond acceptors (Lipinski definition) is 3. The van der Waals surface area contributed by atoms with E-state index in [9.17, 15) is 4.79 Å². The highest BCUT2D eigenvalue weighted by Crippen LogP contribution is 2.26. The van der Waals surface area contributed by atoms with Gasteiger partial charge >= 0.3 is 0 Å². The zero-order chi connectivity index (χ0) is 16.1. The van der Waals surface area contributed by atoms with Gasteiger partial charge in [-0.05, 0) is 41.5 Å². The second-order valence-electron chi connectivity index (χ2n) is 6.27. The highest BCUT2D eigenvalue weighted by atomic mass is 16.1. The monoisotopic (exact) mass is 309 g/mol. The van der Waals surface area contributed by atoms with Crippen LogP contribution in [0.4, 0.5) is 0 Å². The van der Waals surface area contributed by atoms with Gasteiger partial charge in [-0.3, -0.25) is 9.78 Å². The fraction of sp³-hybridized carbons (Fsp3) is 0.368. The van der Waals surface area contributed by atoms with Gasteiger partial charge in [-0.25, -0.2) is 0 Å². The molecule has 4 heteroatoms. The summed E-state index contributed by atoms with van der Waals surface area (Å²) in [6.07, 6.45) is 7.44. The zero-order valence-corrected chi connectivity index (χ0v) is 13.2. The van der Waals surface area contributed by atoms with Crippen LogP contribution in [0, 0.1) is 5.92 Å². The van der Waals surface area contributed by atoms with Crippen LogP contribution in [0.2, 0.25) is 0 Å². The Kier molecular flexibility index (Phi) is 5.03. The normalized spacial score (nSPS) is 20.4. The lowest BCUT2D eigenvalue weighted by atomic mass is 10.00. The molecule has 1 aromatic heterocycles. The van der Waals surface area contributed by atoms with Gasteiger partial charge in [-0.15, -0.1) is 0 Å². The van der Waals surface area contributed by atoms with Gasteiger partial charge < -0.3 is 11.1 Å². The molecule has 120 valence electrons. The summed E-state index contributed by atoms with van der Waals surface area (Å²) >= 11 is 0. The largest absolute Gasteiger partial charge is 0.352 e. The molecule has 3 rings (SSSR count). The van der Waals surface area contributed by atoms with E-state index >= 15 is 0 Å². The molecule has 3 N–H and O–H groups in total. The smallest absolute Gasteiger partial charge is 0.220 e. The van der Waals surface area contributed by atoms with Crippen LogP contribution in [0.15, 0.2) is 48.8 Å². The Labute approximate surface area is 137 Å². The van der Waals surface area contributed by atoms with Gasteiger partial charge in [0, 0.05) is 31.4 Å². The van der Waals surface area contributed by atoms with E-state index in [0.717, 1.165) is 36.0 Å². The molecule has 4 nitrogen and oxygen atoms in total. The van der Waals surface area contributed by atoms with Crippen molar-refractivity contribution in [3.63, 3.8) is 0 Å². The van der Waals surface area contributed by atoms with Crippen molar-refractivity contribution >= 4 is 5.91 Å². The van der Waals surface area contributed by atoms with Crippen LogP contribution in [-0.2, 0) is 11.3 Å². The minimum Gasteiger partial charge on any atom is -0.352 e. The first-order valence-electron chi connectivity index (χ1n) is 8.24. The third-order valence-corrected chi connectivity index (χ3v) is 4.60. The number of amides is 1. The third kappa shape index (κ3) is 4.17. The number of rotatable bonds is 5. The van der Waals surface area contributed by atoms with Gasteiger partial charge in [0.25, 0.3) is 0 Å². The Bertz CT molecular complexity index is 639. The maximum atomic E-state index is 12.0. The molecule has 1 aliphatic carbocycles. The summed E-state index contributed by atoms with van der Waals surface area (Å²) in [5, 5.41) is 3.00. The number of nitrogens with two attached hydrogens (primary N) is 1. The predicted octanol–water partition coefficient (Wildman–Crippen LogP) is 2.88. The molecule has 2 atom stereocenters. The molecule has 1 saturated carbocycles. The second-order valence-corrected chi connectivity index (χ2v) is 6.27. The van der Waals surface area contributed by atoms with Crippen LogP contribution in [0.25, 0.3) is 11.1 Å². The van der Waals surface area contributed by atoms with Crippen molar-refractivity contribution in [2.75, 3.05) is 0 Å². The average molecular weight is 309 g/mol. The van der Waals surface area contributed by atoms with Crippen molar-refractivity contribution in [2.24, 2.45) is 11.7 Å². The Morgan fingerprint density at radius 1 is 1.17 bits per heavy atom. The maximum absolute atomic E-state index is 12.0. The lowest BCUT2D eigenvalue weighted by Crippen LogP contribution is -2.31. The number of carbonyl (C=O) groups is 1. The summed E-state index contributed by atoms with van der Waals surface area (Å²) in [5.41, 5.74) is 9.35. The SMILES string of the molecule is N[C@@H]1CCC[C@H]1CC(=O)NCc1ccc(-c2cccnc2)cc1. The van der Waals surface area contributed by atoms with Crippen LogP contribution >= 0.6 is 0 Å². The first-order chi connectivity index (χ1) is 11.2. The molecule has 0 spiro atoms. The zero-order valence-electron chi connectivity index (χ0n) is 13.2. The average Bonchev–Trinajstić information content (AvgIpc) is 2.99. The fourth-order valence-corrected chi connectivity index (χ4v) is 3.18. The van der Waals surface area contributed by atoms with E-state index < -0.39 is 0 Å². The molecular formula is C19H23N3O. The summed E-state index contributed by atoms with van der Waals surface area (Å²) in [7, 11) is 0. The summed E-state index contributed by atoms with van der Waals surface area (Å²) in [6.45, 7) is 0.564.